The van der Waals surface area contributed by atoms with Gasteiger partial charge in [0.25, 0.3) is 10.0 Å². The van der Waals surface area contributed by atoms with Crippen LogP contribution in [0.4, 0.5) is 0 Å². The van der Waals surface area contributed by atoms with Crippen molar-refractivity contribution >= 4 is 10.0 Å². The number of fused-ring (bicyclic) bond motifs is 1. The monoisotopic (exact) mass is 277 g/mol. The van der Waals surface area contributed by atoms with E-state index < -0.39 is 10.0 Å². The maximum absolute atomic E-state index is 12.6. The summed E-state index contributed by atoms with van der Waals surface area (Å²) in [5.41, 5.74) is 1.35. The van der Waals surface area contributed by atoms with Crippen LogP contribution >= 0.6 is 0 Å². The lowest BCUT2D eigenvalue weighted by Crippen LogP contribution is -2.35. The molecule has 1 aliphatic carbocycles. The molecular formula is C15H19NO2S. The summed E-state index contributed by atoms with van der Waals surface area (Å²) in [6.07, 6.45) is 4.85. The van der Waals surface area contributed by atoms with Crippen LogP contribution in [0, 0.1) is 17.8 Å². The summed E-state index contributed by atoms with van der Waals surface area (Å²) in [5, 5.41) is 0. The van der Waals surface area contributed by atoms with E-state index in [1.165, 1.54) is 4.31 Å². The summed E-state index contributed by atoms with van der Waals surface area (Å²) in [5.74, 6) is 0. The van der Waals surface area contributed by atoms with Crippen molar-refractivity contribution in [2.75, 3.05) is 6.54 Å². The zero-order valence-electron chi connectivity index (χ0n) is 11.6. The van der Waals surface area contributed by atoms with Crippen molar-refractivity contribution in [2.24, 2.45) is 10.8 Å². The van der Waals surface area contributed by atoms with Crippen molar-refractivity contribution in [3.8, 4) is 0 Å². The third kappa shape index (κ3) is 1.81. The first-order valence-electron chi connectivity index (χ1n) is 6.55. The average Bonchev–Trinajstić information content (AvgIpc) is 2.91. The van der Waals surface area contributed by atoms with Gasteiger partial charge in [-0.2, -0.15) is 0 Å². The molecule has 1 fully saturated rings. The number of hydrogen-bond acceptors (Lipinski definition) is 2. The molecule has 2 aliphatic rings. The van der Waals surface area contributed by atoms with Gasteiger partial charge in [-0.05, 0) is 36.3 Å². The van der Waals surface area contributed by atoms with Gasteiger partial charge in [0.05, 0.1) is 4.90 Å². The highest BCUT2D eigenvalue weighted by atomic mass is 32.2. The normalized spacial score (nSPS) is 33.1. The Hall–Kier alpha value is -1.29. The summed E-state index contributed by atoms with van der Waals surface area (Å²) in [7, 11) is -3.40. The zero-order valence-corrected chi connectivity index (χ0v) is 12.4. The number of allylic oxidation sites excluding steroid dienone is 1. The van der Waals surface area contributed by atoms with Crippen LogP contribution in [0.25, 0.3) is 0 Å². The Labute approximate surface area is 115 Å². The molecule has 1 heterocycles. The standard InChI is InChI=1S/C15H19NO2S/c1-12-4-6-13(7-5-12)19(17,18)16-9-8-14(2)10-15(14,3)11-16/h4-9H,10-11H2,1-3H3. The first kappa shape index (κ1) is 12.7. The number of benzene rings is 1. The van der Waals surface area contributed by atoms with Crippen molar-refractivity contribution in [1.29, 1.82) is 0 Å². The van der Waals surface area contributed by atoms with Gasteiger partial charge >= 0.3 is 0 Å². The minimum atomic E-state index is -3.40. The maximum atomic E-state index is 12.6. The summed E-state index contributed by atoms with van der Waals surface area (Å²) in [4.78, 5) is 0.371. The number of rotatable bonds is 2. The van der Waals surface area contributed by atoms with E-state index in [1.54, 1.807) is 18.3 Å². The van der Waals surface area contributed by atoms with E-state index in [9.17, 15) is 8.42 Å². The lowest BCUT2D eigenvalue weighted by molar-refractivity contribution is 0.338. The van der Waals surface area contributed by atoms with Gasteiger partial charge in [0.2, 0.25) is 0 Å². The molecule has 102 valence electrons. The van der Waals surface area contributed by atoms with Gasteiger partial charge in [-0.15, -0.1) is 0 Å². The van der Waals surface area contributed by atoms with Crippen molar-refractivity contribution < 1.29 is 8.42 Å². The Kier molecular flexibility index (Phi) is 2.43. The quantitative estimate of drug-likeness (QED) is 0.833. The largest absolute Gasteiger partial charge is 0.273 e. The average molecular weight is 277 g/mol. The van der Waals surface area contributed by atoms with Crippen LogP contribution in [0.1, 0.15) is 25.8 Å². The summed E-state index contributed by atoms with van der Waals surface area (Å²) < 4.78 is 26.7. The van der Waals surface area contributed by atoms with Gasteiger partial charge < -0.3 is 0 Å². The number of hydrogen-bond donors (Lipinski definition) is 0. The van der Waals surface area contributed by atoms with E-state index in [0.29, 0.717) is 11.4 Å². The molecule has 0 saturated heterocycles. The second kappa shape index (κ2) is 3.63. The molecule has 3 rings (SSSR count). The Morgan fingerprint density at radius 2 is 1.79 bits per heavy atom. The first-order valence-corrected chi connectivity index (χ1v) is 7.99. The molecule has 19 heavy (non-hydrogen) atoms. The predicted molar refractivity (Wildman–Crippen MR) is 75.0 cm³/mol. The molecule has 1 saturated carbocycles. The lowest BCUT2D eigenvalue weighted by atomic mass is 9.94. The second-order valence-electron chi connectivity index (χ2n) is 6.33. The highest BCUT2D eigenvalue weighted by Crippen LogP contribution is 2.66. The molecule has 0 N–H and O–H groups in total. The molecule has 0 radical (unpaired) electrons. The van der Waals surface area contributed by atoms with Crippen LogP contribution < -0.4 is 0 Å². The van der Waals surface area contributed by atoms with E-state index in [1.807, 2.05) is 25.1 Å². The molecule has 1 aliphatic heterocycles. The molecule has 3 nitrogen and oxygen atoms in total. The molecule has 0 spiro atoms. The summed E-state index contributed by atoms with van der Waals surface area (Å²) in [6.45, 7) is 6.89. The van der Waals surface area contributed by atoms with Crippen LogP contribution in [0.2, 0.25) is 0 Å². The highest BCUT2D eigenvalue weighted by molar-refractivity contribution is 7.89. The fourth-order valence-electron chi connectivity index (χ4n) is 2.92. The molecule has 4 heteroatoms. The summed E-state index contributed by atoms with van der Waals surface area (Å²) in [6, 6.07) is 7.04. The number of nitrogens with zero attached hydrogens (tertiary/aromatic N) is 1. The first-order chi connectivity index (χ1) is 8.77. The van der Waals surface area contributed by atoms with E-state index in [0.717, 1.165) is 12.0 Å². The predicted octanol–water partition coefficient (Wildman–Crippen LogP) is 2.93. The fraction of sp³-hybridized carbons (Fsp3) is 0.467. The van der Waals surface area contributed by atoms with Crippen molar-refractivity contribution in [2.45, 2.75) is 32.1 Å². The van der Waals surface area contributed by atoms with Gasteiger partial charge in [-0.25, -0.2) is 8.42 Å². The van der Waals surface area contributed by atoms with Crippen molar-refractivity contribution in [3.63, 3.8) is 0 Å². The molecule has 0 aromatic heterocycles. The molecule has 0 bridgehead atoms. The molecule has 1 aromatic carbocycles. The molecule has 2 atom stereocenters. The lowest BCUT2D eigenvalue weighted by Gasteiger charge is -2.30. The van der Waals surface area contributed by atoms with Crippen LogP contribution in [-0.4, -0.2) is 19.3 Å². The van der Waals surface area contributed by atoms with Gasteiger partial charge in [-0.3, -0.25) is 4.31 Å². The maximum Gasteiger partial charge on any atom is 0.263 e. The van der Waals surface area contributed by atoms with Crippen molar-refractivity contribution in [1.82, 2.24) is 4.31 Å². The van der Waals surface area contributed by atoms with E-state index in [-0.39, 0.29) is 10.8 Å². The smallest absolute Gasteiger partial charge is 0.263 e. The zero-order chi connectivity index (χ0) is 13.9. The minimum absolute atomic E-state index is 0.0967. The van der Waals surface area contributed by atoms with Gasteiger partial charge in [0.1, 0.15) is 0 Å². The van der Waals surface area contributed by atoms with Crippen LogP contribution in [-0.2, 0) is 10.0 Å². The molecular weight excluding hydrogens is 258 g/mol. The number of sulfonamides is 1. The fourth-order valence-corrected chi connectivity index (χ4v) is 4.34. The van der Waals surface area contributed by atoms with E-state index in [4.69, 9.17) is 0 Å². The molecule has 2 unspecified atom stereocenters. The Bertz CT molecular complexity index is 647. The molecule has 0 amide bonds. The Morgan fingerprint density at radius 3 is 2.37 bits per heavy atom. The second-order valence-corrected chi connectivity index (χ2v) is 8.22. The Balaban J connectivity index is 1.94. The van der Waals surface area contributed by atoms with Gasteiger partial charge in [0.15, 0.2) is 0 Å². The third-order valence-corrected chi connectivity index (χ3v) is 6.49. The van der Waals surface area contributed by atoms with Crippen LogP contribution in [0.15, 0.2) is 41.4 Å². The van der Waals surface area contributed by atoms with Gasteiger partial charge in [0, 0.05) is 12.7 Å². The van der Waals surface area contributed by atoms with Crippen molar-refractivity contribution in [3.05, 3.63) is 42.1 Å². The third-order valence-electron chi connectivity index (χ3n) is 4.75. The Morgan fingerprint density at radius 1 is 1.16 bits per heavy atom. The number of aryl methyl sites for hydroxylation is 1. The minimum Gasteiger partial charge on any atom is -0.273 e. The topological polar surface area (TPSA) is 37.4 Å². The van der Waals surface area contributed by atoms with E-state index in [2.05, 4.69) is 13.8 Å². The van der Waals surface area contributed by atoms with Crippen LogP contribution in [0.5, 0.6) is 0 Å². The van der Waals surface area contributed by atoms with Crippen LogP contribution in [0.3, 0.4) is 0 Å². The van der Waals surface area contributed by atoms with Gasteiger partial charge in [-0.1, -0.05) is 37.6 Å². The SMILES string of the molecule is Cc1ccc(S(=O)(=O)N2C=CC3(C)CC3(C)C2)cc1. The molecule has 1 aromatic rings. The van der Waals surface area contributed by atoms with E-state index >= 15 is 0 Å². The highest BCUT2D eigenvalue weighted by Gasteiger charge is 2.62. The summed E-state index contributed by atoms with van der Waals surface area (Å²) >= 11 is 0.